The highest BCUT2D eigenvalue weighted by Crippen LogP contribution is 2.50. The zero-order valence-corrected chi connectivity index (χ0v) is 22.6. The molecule has 3 rings (SSSR count). The normalized spacial score (nSPS) is 23.6. The number of carbonyl (C=O) groups is 2. The van der Waals surface area contributed by atoms with E-state index in [1.807, 2.05) is 12.1 Å². The summed E-state index contributed by atoms with van der Waals surface area (Å²) in [6.45, 7) is 17.6. The third-order valence-electron chi connectivity index (χ3n) is 7.24. The SMILES string of the molecule is COc1ccc2c(c1)N(C(=O)OC(C)(C)C)C(=O)C21CCCNC1CO[Si](C)(C)C(C)(C)C. The Balaban J connectivity index is 2.05. The second-order valence-electron chi connectivity index (χ2n) is 11.7. The van der Waals surface area contributed by atoms with Gasteiger partial charge < -0.3 is 19.2 Å². The summed E-state index contributed by atoms with van der Waals surface area (Å²) in [5.74, 6) is 0.334. The van der Waals surface area contributed by atoms with Crippen molar-refractivity contribution in [1.29, 1.82) is 0 Å². The van der Waals surface area contributed by atoms with E-state index < -0.39 is 25.4 Å². The van der Waals surface area contributed by atoms with Gasteiger partial charge in [0.05, 0.1) is 24.8 Å². The number of anilines is 1. The summed E-state index contributed by atoms with van der Waals surface area (Å²) in [7, 11) is -0.458. The van der Waals surface area contributed by atoms with Crippen molar-refractivity contribution in [3.05, 3.63) is 23.8 Å². The highest BCUT2D eigenvalue weighted by atomic mass is 28.4. The minimum absolute atomic E-state index is 0.0579. The predicted molar refractivity (Wildman–Crippen MR) is 133 cm³/mol. The van der Waals surface area contributed by atoms with Crippen LogP contribution < -0.4 is 15.0 Å². The van der Waals surface area contributed by atoms with E-state index in [1.165, 1.54) is 4.90 Å². The van der Waals surface area contributed by atoms with Crippen LogP contribution in [-0.4, -0.2) is 52.2 Å². The van der Waals surface area contributed by atoms with Gasteiger partial charge in [0.2, 0.25) is 5.91 Å². The molecule has 184 valence electrons. The first-order valence-corrected chi connectivity index (χ1v) is 14.7. The average Bonchev–Trinajstić information content (AvgIpc) is 2.93. The number of hydrogen-bond acceptors (Lipinski definition) is 6. The number of imide groups is 1. The number of rotatable bonds is 4. The Kier molecular flexibility index (Phi) is 6.78. The Labute approximate surface area is 199 Å². The molecular formula is C25H40N2O5Si. The predicted octanol–water partition coefficient (Wildman–Crippen LogP) is 4.99. The van der Waals surface area contributed by atoms with Crippen molar-refractivity contribution in [1.82, 2.24) is 5.32 Å². The van der Waals surface area contributed by atoms with E-state index >= 15 is 0 Å². The van der Waals surface area contributed by atoms with E-state index in [2.05, 4.69) is 39.2 Å². The number of fused-ring (bicyclic) bond motifs is 2. The molecule has 1 aromatic rings. The van der Waals surface area contributed by atoms with Crippen molar-refractivity contribution < 1.29 is 23.5 Å². The van der Waals surface area contributed by atoms with E-state index in [0.717, 1.165) is 18.5 Å². The van der Waals surface area contributed by atoms with Crippen LogP contribution in [0.3, 0.4) is 0 Å². The van der Waals surface area contributed by atoms with Gasteiger partial charge in [-0.1, -0.05) is 26.8 Å². The Hall–Kier alpha value is -1.90. The highest BCUT2D eigenvalue weighted by Gasteiger charge is 2.59. The van der Waals surface area contributed by atoms with Crippen molar-refractivity contribution in [3.8, 4) is 5.75 Å². The average molecular weight is 477 g/mol. The van der Waals surface area contributed by atoms with Crippen molar-refractivity contribution in [3.63, 3.8) is 0 Å². The Morgan fingerprint density at radius 3 is 2.45 bits per heavy atom. The van der Waals surface area contributed by atoms with Crippen LogP contribution in [0.5, 0.6) is 5.75 Å². The second-order valence-corrected chi connectivity index (χ2v) is 16.5. The van der Waals surface area contributed by atoms with Crippen LogP contribution in [0.25, 0.3) is 0 Å². The van der Waals surface area contributed by atoms with Gasteiger partial charge in [0.1, 0.15) is 11.4 Å². The van der Waals surface area contributed by atoms with Gasteiger partial charge in [0.25, 0.3) is 0 Å². The monoisotopic (exact) mass is 476 g/mol. The third-order valence-corrected chi connectivity index (χ3v) is 11.7. The quantitative estimate of drug-likeness (QED) is 0.617. The molecule has 1 aromatic carbocycles. The van der Waals surface area contributed by atoms with Gasteiger partial charge in [-0.05, 0) is 69.9 Å². The minimum atomic E-state index is -2.03. The number of amides is 2. The van der Waals surface area contributed by atoms with Crippen LogP contribution in [0, 0.1) is 0 Å². The summed E-state index contributed by atoms with van der Waals surface area (Å²) in [6, 6.07) is 5.29. The molecule has 2 atom stereocenters. The van der Waals surface area contributed by atoms with Gasteiger partial charge in [0.15, 0.2) is 8.32 Å². The lowest BCUT2D eigenvalue weighted by Crippen LogP contribution is -2.61. The first kappa shape index (κ1) is 25.7. The molecule has 2 unspecified atom stereocenters. The zero-order chi connectivity index (χ0) is 24.8. The van der Waals surface area contributed by atoms with Gasteiger partial charge in [-0.3, -0.25) is 4.79 Å². The number of methoxy groups -OCH3 is 1. The van der Waals surface area contributed by atoms with Gasteiger partial charge in [0, 0.05) is 12.1 Å². The fourth-order valence-corrected chi connectivity index (χ4v) is 5.41. The molecule has 1 N–H and O–H groups in total. The molecule has 0 aliphatic carbocycles. The number of ether oxygens (including phenoxy) is 2. The van der Waals surface area contributed by atoms with E-state index in [4.69, 9.17) is 13.9 Å². The van der Waals surface area contributed by atoms with Crippen LogP contribution in [0.2, 0.25) is 18.1 Å². The van der Waals surface area contributed by atoms with Gasteiger partial charge in [-0.2, -0.15) is 0 Å². The van der Waals surface area contributed by atoms with E-state index in [0.29, 0.717) is 24.5 Å². The molecule has 2 aliphatic rings. The lowest BCUT2D eigenvalue weighted by molar-refractivity contribution is -0.125. The smallest absolute Gasteiger partial charge is 0.421 e. The van der Waals surface area contributed by atoms with Crippen LogP contribution in [0.1, 0.15) is 59.9 Å². The van der Waals surface area contributed by atoms with Crippen molar-refractivity contribution in [2.24, 2.45) is 0 Å². The van der Waals surface area contributed by atoms with E-state index in [9.17, 15) is 9.59 Å². The zero-order valence-electron chi connectivity index (χ0n) is 21.6. The molecule has 0 aromatic heterocycles. The Bertz CT molecular complexity index is 918. The van der Waals surface area contributed by atoms with Crippen molar-refractivity contribution in [2.45, 2.75) is 89.6 Å². The fourth-order valence-electron chi connectivity index (χ4n) is 4.39. The fraction of sp³-hybridized carbons (Fsp3) is 0.680. The van der Waals surface area contributed by atoms with E-state index in [-0.39, 0.29) is 17.0 Å². The third kappa shape index (κ3) is 4.70. The molecule has 0 radical (unpaired) electrons. The number of nitrogens with one attached hydrogen (secondary N) is 1. The molecule has 1 fully saturated rings. The topological polar surface area (TPSA) is 77.1 Å². The van der Waals surface area contributed by atoms with E-state index in [1.54, 1.807) is 33.9 Å². The molecule has 8 heteroatoms. The molecule has 0 saturated carbocycles. The summed E-state index contributed by atoms with van der Waals surface area (Å²) in [5.41, 5.74) is -0.245. The standard InChI is InChI=1S/C25H40N2O5Si/c1-23(2,3)32-22(29)27-19-15-17(30-7)11-12-18(19)25(21(27)28)13-10-14-26-20(25)16-31-33(8,9)24(4,5)6/h11-12,15,20,26H,10,13-14,16H2,1-9H3. The minimum Gasteiger partial charge on any atom is -0.497 e. The van der Waals surface area contributed by atoms with Crippen LogP contribution in [0.4, 0.5) is 10.5 Å². The number of nitrogens with zero attached hydrogens (tertiary/aromatic N) is 1. The second kappa shape index (κ2) is 8.71. The summed E-state index contributed by atoms with van der Waals surface area (Å²) < 4.78 is 17.6. The molecule has 0 bridgehead atoms. The number of benzene rings is 1. The number of piperidine rings is 1. The maximum absolute atomic E-state index is 14.1. The maximum atomic E-state index is 14.1. The van der Waals surface area contributed by atoms with Crippen LogP contribution in [-0.2, 0) is 19.4 Å². The molecule has 2 aliphatic heterocycles. The molecule has 7 nitrogen and oxygen atoms in total. The molecule has 1 saturated heterocycles. The van der Waals surface area contributed by atoms with Crippen molar-refractivity contribution in [2.75, 3.05) is 25.2 Å². The summed E-state index contributed by atoms with van der Waals surface area (Å²) >= 11 is 0. The lowest BCUT2D eigenvalue weighted by Gasteiger charge is -2.44. The Morgan fingerprint density at radius 2 is 1.88 bits per heavy atom. The van der Waals surface area contributed by atoms with Gasteiger partial charge in [-0.15, -0.1) is 0 Å². The van der Waals surface area contributed by atoms with Gasteiger partial charge in [-0.25, -0.2) is 9.69 Å². The number of hydrogen-bond donors (Lipinski definition) is 1. The largest absolute Gasteiger partial charge is 0.497 e. The first-order chi connectivity index (χ1) is 15.1. The first-order valence-electron chi connectivity index (χ1n) is 11.8. The number of carbonyl (C=O) groups excluding carboxylic acids is 2. The highest BCUT2D eigenvalue weighted by molar-refractivity contribution is 6.74. The summed E-state index contributed by atoms with van der Waals surface area (Å²) in [5, 5.41) is 3.61. The summed E-state index contributed by atoms with van der Waals surface area (Å²) in [4.78, 5) is 28.5. The lowest BCUT2D eigenvalue weighted by atomic mass is 9.70. The van der Waals surface area contributed by atoms with Crippen molar-refractivity contribution >= 4 is 26.0 Å². The molecule has 33 heavy (non-hydrogen) atoms. The molecule has 2 amide bonds. The maximum Gasteiger partial charge on any atom is 0.421 e. The summed E-state index contributed by atoms with van der Waals surface area (Å²) in [6.07, 6.45) is 0.812. The van der Waals surface area contributed by atoms with Crippen LogP contribution in [0.15, 0.2) is 18.2 Å². The molecule has 1 spiro atoms. The molecular weight excluding hydrogens is 436 g/mol. The van der Waals surface area contributed by atoms with Crippen LogP contribution >= 0.6 is 0 Å². The Morgan fingerprint density at radius 1 is 1.21 bits per heavy atom. The van der Waals surface area contributed by atoms with Gasteiger partial charge >= 0.3 is 6.09 Å². The molecule has 2 heterocycles.